The number of nitrogens with zero attached hydrogens (tertiary/aromatic N) is 4. The number of imidazole rings is 1. The van der Waals surface area contributed by atoms with E-state index in [2.05, 4.69) is 24.7 Å². The Kier molecular flexibility index (Phi) is 7.06. The summed E-state index contributed by atoms with van der Waals surface area (Å²) in [6.45, 7) is 8.38. The van der Waals surface area contributed by atoms with Gasteiger partial charge in [0.15, 0.2) is 11.3 Å². The van der Waals surface area contributed by atoms with Crippen LogP contribution in [0, 0.1) is 12.8 Å². The Morgan fingerprint density at radius 1 is 1.26 bits per heavy atom. The lowest BCUT2D eigenvalue weighted by molar-refractivity contribution is 0.128. The lowest BCUT2D eigenvalue weighted by Gasteiger charge is -2.36. The largest absolute Gasteiger partial charge is 0.493 e. The summed E-state index contributed by atoms with van der Waals surface area (Å²) in [5.74, 6) is 1.87. The third-order valence-corrected chi connectivity index (χ3v) is 7.48. The van der Waals surface area contributed by atoms with Crippen LogP contribution in [0.5, 0.6) is 5.75 Å². The van der Waals surface area contributed by atoms with Crippen LogP contribution < -0.4 is 15.0 Å². The number of aryl methyl sites for hydroxylation is 2. The summed E-state index contributed by atoms with van der Waals surface area (Å²) in [6.07, 6.45) is 2.31. The Bertz CT molecular complexity index is 1340. The number of hydrogen-bond acceptors (Lipinski definition) is 7. The summed E-state index contributed by atoms with van der Waals surface area (Å²) in [6, 6.07) is 4.61. The average molecular weight is 489 g/mol. The number of H-pyrrole nitrogens is 1. The van der Waals surface area contributed by atoms with Crippen LogP contribution in [0.4, 0.5) is 0 Å². The van der Waals surface area contributed by atoms with Gasteiger partial charge in [-0.05, 0) is 57.9 Å². The number of aromatic amines is 1. The van der Waals surface area contributed by atoms with Gasteiger partial charge in [-0.25, -0.2) is 22.6 Å². The van der Waals surface area contributed by atoms with Crippen molar-refractivity contribution in [1.82, 2.24) is 29.2 Å². The lowest BCUT2D eigenvalue weighted by Crippen LogP contribution is -2.45. The van der Waals surface area contributed by atoms with Crippen molar-refractivity contribution < 1.29 is 13.2 Å². The number of nitrogens with one attached hydrogen (secondary N) is 2. The number of rotatable bonds is 10. The van der Waals surface area contributed by atoms with Crippen LogP contribution in [-0.2, 0) is 16.4 Å². The predicted octanol–water partition coefficient (Wildman–Crippen LogP) is 1.97. The van der Waals surface area contributed by atoms with Crippen LogP contribution in [0.2, 0.25) is 0 Å². The first-order valence-electron chi connectivity index (χ1n) is 11.7. The quantitative estimate of drug-likeness (QED) is 0.447. The molecule has 11 heteroatoms. The highest BCUT2D eigenvalue weighted by molar-refractivity contribution is 7.89. The molecule has 4 rings (SSSR count). The van der Waals surface area contributed by atoms with Gasteiger partial charge in [0.05, 0.1) is 22.8 Å². The molecular formula is C23H32N6O4S. The van der Waals surface area contributed by atoms with E-state index in [1.54, 1.807) is 17.5 Å². The first-order chi connectivity index (χ1) is 16.2. The maximum atomic E-state index is 13.0. The van der Waals surface area contributed by atoms with Crippen molar-refractivity contribution in [2.24, 2.45) is 5.92 Å². The normalized spacial score (nSPS) is 15.1. The molecule has 0 aliphatic carbocycles. The maximum absolute atomic E-state index is 13.0. The molecule has 1 saturated heterocycles. The number of ether oxygens (including phenoxy) is 1. The number of fused-ring (bicyclic) bond motifs is 1. The molecule has 3 aromatic rings. The van der Waals surface area contributed by atoms with Crippen molar-refractivity contribution >= 4 is 15.5 Å². The minimum absolute atomic E-state index is 0.0926. The smallest absolute Gasteiger partial charge is 0.277 e. The molecular weight excluding hydrogens is 456 g/mol. The Morgan fingerprint density at radius 2 is 2.03 bits per heavy atom. The van der Waals surface area contributed by atoms with Gasteiger partial charge in [-0.2, -0.15) is 0 Å². The van der Waals surface area contributed by atoms with Crippen LogP contribution in [-0.4, -0.2) is 66.2 Å². The zero-order valence-electron chi connectivity index (χ0n) is 20.1. The topological polar surface area (TPSA) is 122 Å². The molecule has 184 valence electrons. The third-order valence-electron chi connectivity index (χ3n) is 6.02. The number of benzene rings is 1. The van der Waals surface area contributed by atoms with Gasteiger partial charge < -0.3 is 14.6 Å². The van der Waals surface area contributed by atoms with E-state index < -0.39 is 10.0 Å². The van der Waals surface area contributed by atoms with Crippen LogP contribution >= 0.6 is 0 Å². The Morgan fingerprint density at radius 3 is 2.71 bits per heavy atom. The van der Waals surface area contributed by atoms with Gasteiger partial charge in [0.25, 0.3) is 5.56 Å². The zero-order valence-corrected chi connectivity index (χ0v) is 20.9. The molecule has 3 heterocycles. The molecule has 2 N–H and O–H groups in total. The highest BCUT2D eigenvalue weighted by Crippen LogP contribution is 2.30. The monoisotopic (exact) mass is 488 g/mol. The lowest BCUT2D eigenvalue weighted by atomic mass is 9.98. The summed E-state index contributed by atoms with van der Waals surface area (Å²) in [5.41, 5.74) is 1.05. The molecule has 0 saturated carbocycles. The molecule has 0 unspecified atom stereocenters. The minimum atomic E-state index is -3.74. The Balaban J connectivity index is 1.70. The van der Waals surface area contributed by atoms with E-state index in [1.807, 2.05) is 20.9 Å². The van der Waals surface area contributed by atoms with Crippen molar-refractivity contribution in [3.63, 3.8) is 0 Å². The fourth-order valence-electron chi connectivity index (χ4n) is 4.38. The van der Waals surface area contributed by atoms with Crippen LogP contribution in [0.1, 0.15) is 38.2 Å². The van der Waals surface area contributed by atoms with Gasteiger partial charge >= 0.3 is 0 Å². The fraction of sp³-hybridized carbons (Fsp3) is 0.522. The molecule has 34 heavy (non-hydrogen) atoms. The first kappa shape index (κ1) is 24.4. The Hall–Kier alpha value is -2.76. The van der Waals surface area contributed by atoms with E-state index in [0.717, 1.165) is 25.9 Å². The molecule has 0 spiro atoms. The molecule has 2 aromatic heterocycles. The predicted molar refractivity (Wildman–Crippen MR) is 130 cm³/mol. The second-order valence-electron chi connectivity index (χ2n) is 8.79. The SMILES string of the molecule is CCCc1nc(C)c2c(=O)[nH]c(-c3cc(S(=O)(=O)NCCC4CN(C)C4)ccc3OCC)nn12. The van der Waals surface area contributed by atoms with Crippen molar-refractivity contribution in [1.29, 1.82) is 0 Å². The maximum Gasteiger partial charge on any atom is 0.277 e. The van der Waals surface area contributed by atoms with E-state index in [9.17, 15) is 13.2 Å². The molecule has 1 aromatic carbocycles. The summed E-state index contributed by atoms with van der Waals surface area (Å²) in [7, 11) is -1.69. The van der Waals surface area contributed by atoms with Gasteiger partial charge in [0.1, 0.15) is 11.6 Å². The van der Waals surface area contributed by atoms with Gasteiger partial charge in [-0.1, -0.05) is 6.92 Å². The molecule has 10 nitrogen and oxygen atoms in total. The molecule has 0 amide bonds. The highest BCUT2D eigenvalue weighted by atomic mass is 32.2. The van der Waals surface area contributed by atoms with Crippen molar-refractivity contribution in [2.45, 2.75) is 44.9 Å². The van der Waals surface area contributed by atoms with Gasteiger partial charge in [0, 0.05) is 26.1 Å². The van der Waals surface area contributed by atoms with Gasteiger partial charge in [-0.3, -0.25) is 4.79 Å². The molecule has 1 fully saturated rings. The van der Waals surface area contributed by atoms with E-state index in [4.69, 9.17) is 4.74 Å². The fourth-order valence-corrected chi connectivity index (χ4v) is 5.45. The third kappa shape index (κ3) is 4.86. The highest BCUT2D eigenvalue weighted by Gasteiger charge is 2.24. The second kappa shape index (κ2) is 9.85. The van der Waals surface area contributed by atoms with Gasteiger partial charge in [-0.15, -0.1) is 5.10 Å². The van der Waals surface area contributed by atoms with Crippen molar-refractivity contribution in [3.05, 3.63) is 40.1 Å². The number of hydrogen-bond donors (Lipinski definition) is 2. The van der Waals surface area contributed by atoms with Crippen LogP contribution in [0.15, 0.2) is 27.9 Å². The van der Waals surface area contributed by atoms with Crippen LogP contribution in [0.3, 0.4) is 0 Å². The zero-order chi connectivity index (χ0) is 24.5. The number of sulfonamides is 1. The summed E-state index contributed by atoms with van der Waals surface area (Å²) >= 11 is 0. The molecule has 1 aliphatic rings. The summed E-state index contributed by atoms with van der Waals surface area (Å²) in [4.78, 5) is 22.5. The number of likely N-dealkylation sites (tertiary alicyclic amines) is 1. The van der Waals surface area contributed by atoms with Gasteiger partial charge in [0.2, 0.25) is 10.0 Å². The van der Waals surface area contributed by atoms with E-state index in [1.165, 1.54) is 12.1 Å². The molecule has 0 radical (unpaired) electrons. The van der Waals surface area contributed by atoms with E-state index >= 15 is 0 Å². The van der Waals surface area contributed by atoms with E-state index in [0.29, 0.717) is 53.8 Å². The minimum Gasteiger partial charge on any atom is -0.493 e. The van der Waals surface area contributed by atoms with Crippen molar-refractivity contribution in [3.8, 4) is 17.1 Å². The Labute approximate surface area is 199 Å². The molecule has 0 atom stereocenters. The molecule has 1 aliphatic heterocycles. The molecule has 0 bridgehead atoms. The van der Waals surface area contributed by atoms with E-state index in [-0.39, 0.29) is 16.3 Å². The second-order valence-corrected chi connectivity index (χ2v) is 10.6. The summed E-state index contributed by atoms with van der Waals surface area (Å²) < 4.78 is 36.0. The first-order valence-corrected chi connectivity index (χ1v) is 13.2. The van der Waals surface area contributed by atoms with Crippen LogP contribution in [0.25, 0.3) is 16.9 Å². The standard InChI is InChI=1S/C23H32N6O4S/c1-5-7-20-25-15(3)21-23(30)26-22(27-29(20)21)18-12-17(8-9-19(18)33-6-2)34(31,32)24-11-10-16-13-28(4)14-16/h8-9,12,16,24H,5-7,10-11,13-14H2,1-4H3,(H,26,27,30). The average Bonchev–Trinajstić information content (AvgIpc) is 3.08. The summed E-state index contributed by atoms with van der Waals surface area (Å²) in [5, 5.41) is 4.62. The van der Waals surface area contributed by atoms with Crippen molar-refractivity contribution in [2.75, 3.05) is 33.3 Å². The number of aromatic nitrogens is 4.